The van der Waals surface area contributed by atoms with Gasteiger partial charge in [0.1, 0.15) is 17.6 Å². The number of hydrazone groups is 1. The van der Waals surface area contributed by atoms with Gasteiger partial charge in [-0.05, 0) is 34.5 Å². The number of hydrogen-bond donors (Lipinski definition) is 1. The largest absolute Gasteiger partial charge is 0.327 e. The minimum Gasteiger partial charge on any atom is -0.327 e. The second-order valence-corrected chi connectivity index (χ2v) is 5.13. The molecule has 0 aliphatic carbocycles. The maximum Gasteiger partial charge on any atom is 0.272 e. The highest BCUT2D eigenvalue weighted by atomic mass is 79.9. The van der Waals surface area contributed by atoms with E-state index < -0.39 is 6.08 Å². The van der Waals surface area contributed by atoms with Gasteiger partial charge < -0.3 is 10.6 Å². The third kappa shape index (κ3) is 3.31. The fourth-order valence-corrected chi connectivity index (χ4v) is 1.96. The van der Waals surface area contributed by atoms with Gasteiger partial charge in [-0.25, -0.2) is 4.98 Å². The summed E-state index contributed by atoms with van der Waals surface area (Å²) in [5.74, 6) is 0. The first kappa shape index (κ1) is 14.9. The van der Waals surface area contributed by atoms with Crippen molar-refractivity contribution in [3.05, 3.63) is 34.1 Å². The van der Waals surface area contributed by atoms with Crippen LogP contribution in [-0.4, -0.2) is 36.1 Å². The van der Waals surface area contributed by atoms with Crippen LogP contribution >= 0.6 is 15.9 Å². The Bertz CT molecular complexity index is 557. The lowest BCUT2D eigenvalue weighted by Crippen LogP contribution is -2.29. The van der Waals surface area contributed by atoms with E-state index in [-0.39, 0.29) is 18.7 Å². The van der Waals surface area contributed by atoms with Crippen molar-refractivity contribution < 1.29 is 8.78 Å². The molecule has 0 bridgehead atoms. The average molecular weight is 346 g/mol. The van der Waals surface area contributed by atoms with E-state index in [2.05, 4.69) is 26.0 Å². The summed E-state index contributed by atoms with van der Waals surface area (Å²) in [6.07, 6.45) is 1.55. The van der Waals surface area contributed by atoms with Crippen molar-refractivity contribution in [2.75, 3.05) is 24.7 Å². The molecule has 0 amide bonds. The summed E-state index contributed by atoms with van der Waals surface area (Å²) in [5, 5.41) is 5.61. The van der Waals surface area contributed by atoms with E-state index in [4.69, 9.17) is 5.73 Å². The van der Waals surface area contributed by atoms with Crippen molar-refractivity contribution in [1.82, 2.24) is 9.99 Å². The van der Waals surface area contributed by atoms with Gasteiger partial charge in [0.05, 0.1) is 18.4 Å². The molecule has 0 radical (unpaired) electrons. The van der Waals surface area contributed by atoms with E-state index >= 15 is 0 Å². The fraction of sp³-hybridized carbons (Fsp3) is 0.333. The third-order valence-corrected chi connectivity index (χ3v) is 3.72. The molecule has 20 heavy (non-hydrogen) atoms. The highest BCUT2D eigenvalue weighted by Crippen LogP contribution is 2.22. The number of nitrogens with zero attached hydrogens (tertiary/aromatic N) is 4. The molecule has 0 unspecified atom stereocenters. The van der Waals surface area contributed by atoms with Crippen LogP contribution in [0.15, 0.2) is 33.6 Å². The number of nitrogens with two attached hydrogens (primary N) is 1. The molecule has 0 spiro atoms. The third-order valence-electron chi connectivity index (χ3n) is 2.89. The second-order valence-electron chi connectivity index (χ2n) is 4.38. The van der Waals surface area contributed by atoms with Gasteiger partial charge in [-0.3, -0.25) is 5.01 Å². The number of anilines is 1. The van der Waals surface area contributed by atoms with Crippen molar-refractivity contribution in [3.63, 3.8) is 0 Å². The van der Waals surface area contributed by atoms with Crippen molar-refractivity contribution in [2.45, 2.75) is 6.92 Å². The molecule has 2 heterocycles. The number of halogens is 3. The second kappa shape index (κ2) is 6.27. The standard InChI is InChI=1S/C12H14BrF2N5/c1-8-2-10(4-17-11(8)13)19-6-18-20(7-19)5-9(3-16)12(14)15/h2,4,6H,3,5,7,16H2,1H3. The van der Waals surface area contributed by atoms with Crippen LogP contribution < -0.4 is 10.6 Å². The number of rotatable bonds is 4. The summed E-state index contributed by atoms with van der Waals surface area (Å²) in [5.41, 5.74) is 7.04. The predicted molar refractivity (Wildman–Crippen MR) is 77.5 cm³/mol. The van der Waals surface area contributed by atoms with Crippen molar-refractivity contribution in [2.24, 2.45) is 10.8 Å². The van der Waals surface area contributed by atoms with Crippen LogP contribution in [0, 0.1) is 6.92 Å². The summed E-state index contributed by atoms with van der Waals surface area (Å²) in [4.78, 5) is 6.03. The molecule has 0 fully saturated rings. The Morgan fingerprint density at radius 1 is 1.50 bits per heavy atom. The smallest absolute Gasteiger partial charge is 0.272 e. The molecule has 0 saturated heterocycles. The van der Waals surface area contributed by atoms with E-state index in [0.29, 0.717) is 6.67 Å². The van der Waals surface area contributed by atoms with Crippen LogP contribution in [0.1, 0.15) is 5.56 Å². The molecule has 1 aromatic rings. The molecule has 0 aromatic carbocycles. The van der Waals surface area contributed by atoms with E-state index in [1.165, 1.54) is 5.01 Å². The minimum atomic E-state index is -1.73. The topological polar surface area (TPSA) is 57.8 Å². The molecule has 0 saturated carbocycles. The number of hydrogen-bond acceptors (Lipinski definition) is 5. The van der Waals surface area contributed by atoms with E-state index in [1.54, 1.807) is 12.5 Å². The molecule has 108 valence electrons. The van der Waals surface area contributed by atoms with Crippen LogP contribution in [0.5, 0.6) is 0 Å². The average Bonchev–Trinajstić information content (AvgIpc) is 2.87. The van der Waals surface area contributed by atoms with Gasteiger partial charge in [0.2, 0.25) is 0 Å². The maximum atomic E-state index is 12.6. The Labute approximate surface area is 123 Å². The molecule has 1 aromatic heterocycles. The zero-order valence-electron chi connectivity index (χ0n) is 10.9. The van der Waals surface area contributed by atoms with Gasteiger partial charge in [-0.2, -0.15) is 13.9 Å². The molecule has 0 atom stereocenters. The SMILES string of the molecule is Cc1cc(N2C=NN(CC(CN)=C(F)F)C2)cnc1Br. The van der Waals surface area contributed by atoms with Gasteiger partial charge in [0.15, 0.2) is 0 Å². The first-order valence-electron chi connectivity index (χ1n) is 5.92. The van der Waals surface area contributed by atoms with Crippen molar-refractivity contribution >= 4 is 28.0 Å². The summed E-state index contributed by atoms with van der Waals surface area (Å²) < 4.78 is 25.9. The fourth-order valence-electron chi connectivity index (χ4n) is 1.75. The lowest BCUT2D eigenvalue weighted by Gasteiger charge is -2.19. The number of aryl methyl sites for hydroxylation is 1. The molecule has 8 heteroatoms. The van der Waals surface area contributed by atoms with Crippen LogP contribution in [0.4, 0.5) is 14.5 Å². The quantitative estimate of drug-likeness (QED) is 0.850. The zero-order valence-corrected chi connectivity index (χ0v) is 12.4. The van der Waals surface area contributed by atoms with Gasteiger partial charge >= 0.3 is 0 Å². The number of pyridine rings is 1. The first-order valence-corrected chi connectivity index (χ1v) is 6.71. The summed E-state index contributed by atoms with van der Waals surface area (Å²) >= 11 is 3.33. The molecular formula is C12H14BrF2N5. The van der Waals surface area contributed by atoms with Crippen LogP contribution in [-0.2, 0) is 0 Å². The Kier molecular flexibility index (Phi) is 4.66. The molecule has 2 N–H and O–H groups in total. The predicted octanol–water partition coefficient (Wildman–Crippen LogP) is 2.28. The van der Waals surface area contributed by atoms with Crippen molar-refractivity contribution in [1.29, 1.82) is 0 Å². The van der Waals surface area contributed by atoms with Gasteiger partial charge in [-0.15, -0.1) is 0 Å². The lowest BCUT2D eigenvalue weighted by atomic mass is 10.3. The van der Waals surface area contributed by atoms with Crippen LogP contribution in [0.2, 0.25) is 0 Å². The molecular weight excluding hydrogens is 332 g/mol. The van der Waals surface area contributed by atoms with E-state index in [0.717, 1.165) is 15.9 Å². The van der Waals surface area contributed by atoms with E-state index in [1.807, 2.05) is 17.9 Å². The Hall–Kier alpha value is -1.54. The molecule has 2 rings (SSSR count). The Balaban J connectivity index is 2.04. The zero-order chi connectivity index (χ0) is 14.7. The van der Waals surface area contributed by atoms with Crippen LogP contribution in [0.3, 0.4) is 0 Å². The molecule has 1 aliphatic rings. The van der Waals surface area contributed by atoms with Crippen molar-refractivity contribution in [3.8, 4) is 0 Å². The lowest BCUT2D eigenvalue weighted by molar-refractivity contribution is 0.326. The summed E-state index contributed by atoms with van der Waals surface area (Å²) in [6.45, 7) is 2.17. The molecule has 1 aliphatic heterocycles. The highest BCUT2D eigenvalue weighted by Gasteiger charge is 2.18. The van der Waals surface area contributed by atoms with Gasteiger partial charge in [0.25, 0.3) is 6.08 Å². The minimum absolute atomic E-state index is 0.0226. The first-order chi connectivity index (χ1) is 9.51. The van der Waals surface area contributed by atoms with E-state index in [9.17, 15) is 8.78 Å². The van der Waals surface area contributed by atoms with Gasteiger partial charge in [-0.1, -0.05) is 0 Å². The van der Waals surface area contributed by atoms with Crippen LogP contribution in [0.25, 0.3) is 0 Å². The Morgan fingerprint density at radius 2 is 2.25 bits per heavy atom. The Morgan fingerprint density at radius 3 is 2.85 bits per heavy atom. The van der Waals surface area contributed by atoms with Gasteiger partial charge in [0, 0.05) is 12.1 Å². The maximum absolute atomic E-state index is 12.6. The monoisotopic (exact) mass is 345 g/mol. The summed E-state index contributed by atoms with van der Waals surface area (Å²) in [6, 6.07) is 1.95. The molecule has 5 nitrogen and oxygen atoms in total. The number of aromatic nitrogens is 1. The summed E-state index contributed by atoms with van der Waals surface area (Å²) in [7, 11) is 0. The normalized spacial score (nSPS) is 14.1. The highest BCUT2D eigenvalue weighted by molar-refractivity contribution is 9.10.